The van der Waals surface area contributed by atoms with Crippen LogP contribution in [0.15, 0.2) is 48.5 Å². The van der Waals surface area contributed by atoms with E-state index in [0.717, 1.165) is 25.1 Å². The molecule has 19 heavy (non-hydrogen) atoms. The lowest BCUT2D eigenvalue weighted by atomic mass is 10.1. The van der Waals surface area contributed by atoms with Crippen molar-refractivity contribution >= 4 is 23.0 Å². The van der Waals surface area contributed by atoms with Crippen molar-refractivity contribution in [2.45, 2.75) is 12.8 Å². The molecule has 0 saturated carbocycles. The molecular weight excluding hydrogens is 256 g/mol. The molecule has 0 aliphatic heterocycles. The highest BCUT2D eigenvalue weighted by Crippen LogP contribution is 2.29. The minimum atomic E-state index is 0.618. The Labute approximate surface area is 119 Å². The summed E-state index contributed by atoms with van der Waals surface area (Å²) in [7, 11) is 2.05. The quantitative estimate of drug-likeness (QED) is 0.836. The van der Waals surface area contributed by atoms with Gasteiger partial charge in [-0.3, -0.25) is 0 Å². The van der Waals surface area contributed by atoms with Gasteiger partial charge in [0.05, 0.1) is 16.4 Å². The Bertz CT molecular complexity index is 526. The standard InChI is InChI=1S/C16H19ClN2/c1-19(15-11-5-10-14(17)16(15)18)12-6-9-13-7-3-2-4-8-13/h2-5,7-8,10-11H,6,9,12,18H2,1H3. The first-order valence-corrected chi connectivity index (χ1v) is 6.85. The highest BCUT2D eigenvalue weighted by atomic mass is 35.5. The van der Waals surface area contributed by atoms with Crippen LogP contribution in [-0.4, -0.2) is 13.6 Å². The molecule has 0 radical (unpaired) electrons. The van der Waals surface area contributed by atoms with Crippen molar-refractivity contribution in [2.75, 3.05) is 24.2 Å². The second kappa shape index (κ2) is 6.48. The summed E-state index contributed by atoms with van der Waals surface area (Å²) in [6.45, 7) is 0.958. The van der Waals surface area contributed by atoms with E-state index in [1.165, 1.54) is 5.56 Å². The molecule has 0 aliphatic rings. The lowest BCUT2D eigenvalue weighted by Gasteiger charge is -2.21. The summed E-state index contributed by atoms with van der Waals surface area (Å²) in [5.41, 5.74) is 9.02. The number of hydrogen-bond donors (Lipinski definition) is 1. The van der Waals surface area contributed by atoms with Crippen molar-refractivity contribution in [3.05, 3.63) is 59.1 Å². The summed E-state index contributed by atoms with van der Waals surface area (Å²) in [6, 6.07) is 16.3. The van der Waals surface area contributed by atoms with Crippen LogP contribution < -0.4 is 10.6 Å². The van der Waals surface area contributed by atoms with Gasteiger partial charge in [-0.1, -0.05) is 48.0 Å². The van der Waals surface area contributed by atoms with Crippen LogP contribution in [0.1, 0.15) is 12.0 Å². The largest absolute Gasteiger partial charge is 0.396 e. The second-order valence-corrected chi connectivity index (χ2v) is 5.09. The van der Waals surface area contributed by atoms with Crippen LogP contribution in [-0.2, 0) is 6.42 Å². The minimum Gasteiger partial charge on any atom is -0.396 e. The highest BCUT2D eigenvalue weighted by molar-refractivity contribution is 6.33. The topological polar surface area (TPSA) is 29.3 Å². The maximum atomic E-state index is 6.04. The number of nitrogens with two attached hydrogens (primary N) is 1. The van der Waals surface area contributed by atoms with Crippen LogP contribution >= 0.6 is 11.6 Å². The van der Waals surface area contributed by atoms with E-state index < -0.39 is 0 Å². The molecule has 100 valence electrons. The smallest absolute Gasteiger partial charge is 0.0741 e. The van der Waals surface area contributed by atoms with Crippen molar-refractivity contribution in [1.82, 2.24) is 0 Å². The molecule has 0 atom stereocenters. The van der Waals surface area contributed by atoms with E-state index in [1.54, 1.807) is 0 Å². The van der Waals surface area contributed by atoms with E-state index >= 15 is 0 Å². The van der Waals surface area contributed by atoms with E-state index in [0.29, 0.717) is 10.7 Å². The zero-order valence-electron chi connectivity index (χ0n) is 11.1. The van der Waals surface area contributed by atoms with Crippen molar-refractivity contribution in [3.63, 3.8) is 0 Å². The third-order valence-corrected chi connectivity index (χ3v) is 3.57. The summed E-state index contributed by atoms with van der Waals surface area (Å²) in [4.78, 5) is 2.16. The summed E-state index contributed by atoms with van der Waals surface area (Å²) in [5, 5.41) is 0.618. The maximum absolute atomic E-state index is 6.04. The summed E-state index contributed by atoms with van der Waals surface area (Å²) in [5.74, 6) is 0. The van der Waals surface area contributed by atoms with E-state index in [-0.39, 0.29) is 0 Å². The Morgan fingerprint density at radius 3 is 2.53 bits per heavy atom. The first-order chi connectivity index (χ1) is 9.18. The molecule has 2 aromatic rings. The molecule has 0 aliphatic carbocycles. The van der Waals surface area contributed by atoms with Gasteiger partial charge in [0.2, 0.25) is 0 Å². The van der Waals surface area contributed by atoms with Gasteiger partial charge in [-0.25, -0.2) is 0 Å². The third kappa shape index (κ3) is 3.65. The van der Waals surface area contributed by atoms with Crippen LogP contribution in [0.2, 0.25) is 5.02 Å². The van der Waals surface area contributed by atoms with E-state index in [9.17, 15) is 0 Å². The SMILES string of the molecule is CN(CCCc1ccccc1)c1cccc(Cl)c1N. The molecule has 0 aromatic heterocycles. The Hall–Kier alpha value is -1.67. The monoisotopic (exact) mass is 274 g/mol. The zero-order chi connectivity index (χ0) is 13.7. The van der Waals surface area contributed by atoms with E-state index in [4.69, 9.17) is 17.3 Å². The fraction of sp³-hybridized carbons (Fsp3) is 0.250. The fourth-order valence-electron chi connectivity index (χ4n) is 2.14. The summed E-state index contributed by atoms with van der Waals surface area (Å²) >= 11 is 6.04. The number of hydrogen-bond acceptors (Lipinski definition) is 2. The molecule has 2 rings (SSSR count). The van der Waals surface area contributed by atoms with Crippen LogP contribution in [0, 0.1) is 0 Å². The predicted octanol–water partition coefficient (Wildman–Crippen LogP) is 3.99. The number of para-hydroxylation sites is 1. The average Bonchev–Trinajstić information content (AvgIpc) is 2.43. The van der Waals surface area contributed by atoms with Crippen LogP contribution in [0.25, 0.3) is 0 Å². The Morgan fingerprint density at radius 1 is 1.05 bits per heavy atom. The molecule has 0 unspecified atom stereocenters. The average molecular weight is 275 g/mol. The molecule has 2 aromatic carbocycles. The number of benzene rings is 2. The van der Waals surface area contributed by atoms with Crippen LogP contribution in [0.3, 0.4) is 0 Å². The minimum absolute atomic E-state index is 0.618. The van der Waals surface area contributed by atoms with Gasteiger partial charge in [-0.15, -0.1) is 0 Å². The lowest BCUT2D eigenvalue weighted by molar-refractivity contribution is 0.786. The third-order valence-electron chi connectivity index (χ3n) is 3.24. The first-order valence-electron chi connectivity index (χ1n) is 6.47. The first kappa shape index (κ1) is 13.8. The molecule has 0 spiro atoms. The van der Waals surface area contributed by atoms with Gasteiger partial charge in [-0.05, 0) is 30.5 Å². The number of rotatable bonds is 5. The molecular formula is C16H19ClN2. The molecule has 2 nitrogen and oxygen atoms in total. The Kier molecular flexibility index (Phi) is 4.69. The normalized spacial score (nSPS) is 10.4. The number of halogens is 1. The molecule has 0 saturated heterocycles. The molecule has 0 fully saturated rings. The number of nitrogen functional groups attached to an aromatic ring is 1. The molecule has 0 bridgehead atoms. The molecule has 0 amide bonds. The molecule has 2 N–H and O–H groups in total. The fourth-order valence-corrected chi connectivity index (χ4v) is 2.31. The van der Waals surface area contributed by atoms with Gasteiger partial charge < -0.3 is 10.6 Å². The van der Waals surface area contributed by atoms with Crippen molar-refractivity contribution in [1.29, 1.82) is 0 Å². The van der Waals surface area contributed by atoms with Crippen molar-refractivity contribution in [3.8, 4) is 0 Å². The zero-order valence-corrected chi connectivity index (χ0v) is 11.9. The molecule has 0 heterocycles. The summed E-state index contributed by atoms with van der Waals surface area (Å²) in [6.07, 6.45) is 2.16. The van der Waals surface area contributed by atoms with E-state index in [2.05, 4.69) is 29.2 Å². The van der Waals surface area contributed by atoms with Crippen molar-refractivity contribution in [2.24, 2.45) is 0 Å². The van der Waals surface area contributed by atoms with Gasteiger partial charge in [-0.2, -0.15) is 0 Å². The Balaban J connectivity index is 1.91. The maximum Gasteiger partial charge on any atom is 0.0741 e. The lowest BCUT2D eigenvalue weighted by Crippen LogP contribution is -2.20. The molecule has 3 heteroatoms. The van der Waals surface area contributed by atoms with Gasteiger partial charge in [0, 0.05) is 13.6 Å². The number of aryl methyl sites for hydroxylation is 1. The second-order valence-electron chi connectivity index (χ2n) is 4.68. The van der Waals surface area contributed by atoms with Gasteiger partial charge in [0.25, 0.3) is 0 Å². The Morgan fingerprint density at radius 2 is 1.79 bits per heavy atom. The van der Waals surface area contributed by atoms with Crippen LogP contribution in [0.4, 0.5) is 11.4 Å². The highest BCUT2D eigenvalue weighted by Gasteiger charge is 2.07. The predicted molar refractivity (Wildman–Crippen MR) is 83.9 cm³/mol. The van der Waals surface area contributed by atoms with Gasteiger partial charge >= 0.3 is 0 Å². The van der Waals surface area contributed by atoms with Gasteiger partial charge in [0.15, 0.2) is 0 Å². The summed E-state index contributed by atoms with van der Waals surface area (Å²) < 4.78 is 0. The van der Waals surface area contributed by atoms with E-state index in [1.807, 2.05) is 31.3 Å². The number of anilines is 2. The van der Waals surface area contributed by atoms with Crippen molar-refractivity contribution < 1.29 is 0 Å². The van der Waals surface area contributed by atoms with Gasteiger partial charge in [0.1, 0.15) is 0 Å². The van der Waals surface area contributed by atoms with Crippen LogP contribution in [0.5, 0.6) is 0 Å². The number of nitrogens with zero attached hydrogens (tertiary/aromatic N) is 1.